The summed E-state index contributed by atoms with van der Waals surface area (Å²) in [5.41, 5.74) is 2.22. The van der Waals surface area contributed by atoms with E-state index in [-0.39, 0.29) is 5.54 Å². The van der Waals surface area contributed by atoms with Crippen LogP contribution >= 0.6 is 0 Å². The lowest BCUT2D eigenvalue weighted by molar-refractivity contribution is 0.0697. The van der Waals surface area contributed by atoms with Crippen LogP contribution in [0.15, 0.2) is 0 Å². The van der Waals surface area contributed by atoms with Crippen LogP contribution in [-0.2, 0) is 0 Å². The molecule has 0 aromatic rings. The first kappa shape index (κ1) is 25.8. The normalized spacial score (nSPS) is 45.3. The molecule has 0 radical (unpaired) electrons. The Hall–Kier alpha value is 0.137. The molecule has 1 heterocycles. The maximum Gasteiger partial charge on any atom is 0.131 e. The summed E-state index contributed by atoms with van der Waals surface area (Å²) in [5.74, 6) is 5.83. The Morgan fingerprint density at radius 2 is 1.56 bits per heavy atom. The molecule has 5 aliphatic rings. The summed E-state index contributed by atoms with van der Waals surface area (Å²) in [6, 6.07) is 2.46. The Balaban J connectivity index is 1.64. The van der Waals surface area contributed by atoms with Crippen molar-refractivity contribution in [2.45, 2.75) is 160 Å². The molecule has 5 fully saturated rings. The predicted molar refractivity (Wildman–Crippen MR) is 150 cm³/mol. The summed E-state index contributed by atoms with van der Waals surface area (Å²) in [4.78, 5) is 7.82. The molecule has 0 aromatic heterocycles. The first-order chi connectivity index (χ1) is 16.1. The Bertz CT molecular complexity index is 714. The molecule has 1 N–H and O–H groups in total. The molecule has 5 rings (SSSR count). The van der Waals surface area contributed by atoms with Gasteiger partial charge >= 0.3 is 0 Å². The van der Waals surface area contributed by atoms with Crippen molar-refractivity contribution < 1.29 is 0 Å². The molecular weight excluding hydrogens is 428 g/mol. The van der Waals surface area contributed by atoms with Gasteiger partial charge in [-0.1, -0.05) is 65.8 Å². The maximum atomic E-state index is 4.63. The maximum absolute atomic E-state index is 4.63. The fraction of sp³-hybridized carbons (Fsp3) is 1.00. The molecule has 10 unspecified atom stereocenters. The van der Waals surface area contributed by atoms with Crippen molar-refractivity contribution in [1.82, 2.24) is 9.88 Å². The molecule has 0 spiro atoms. The van der Waals surface area contributed by atoms with Gasteiger partial charge in [-0.25, -0.2) is 0 Å². The fourth-order valence-electron chi connectivity index (χ4n) is 11.1. The minimum Gasteiger partial charge on any atom is -0.332 e. The van der Waals surface area contributed by atoms with Gasteiger partial charge in [-0.15, -0.1) is 0 Å². The molecule has 34 heavy (non-hydrogen) atoms. The number of hydrogen-bond acceptors (Lipinski definition) is 2. The van der Waals surface area contributed by atoms with E-state index in [2.05, 4.69) is 64.9 Å². The number of nitrogens with one attached hydrogen (secondary N) is 1. The van der Waals surface area contributed by atoms with Crippen molar-refractivity contribution in [3.8, 4) is 0 Å². The first-order valence-electron chi connectivity index (χ1n) is 15.7. The number of likely N-dealkylation sites (tertiary alicyclic amines) is 1. The van der Waals surface area contributed by atoms with Crippen LogP contribution in [0.2, 0.25) is 17.6 Å². The van der Waals surface area contributed by atoms with Crippen molar-refractivity contribution in [2.24, 2.45) is 35.5 Å². The molecule has 4 aliphatic carbocycles. The largest absolute Gasteiger partial charge is 0.332 e. The monoisotopic (exact) mass is 486 g/mol. The SMILES string of the molecule is CCC(C)(C)N[Si](C)(C1CCCC1)C1C2CC(C)CC(C)C2C2C3CCCCC3N(C(C)C)C21. The molecule has 0 aromatic carbocycles. The molecule has 0 bridgehead atoms. The van der Waals surface area contributed by atoms with E-state index >= 15 is 0 Å². The van der Waals surface area contributed by atoms with Crippen LogP contribution in [0.3, 0.4) is 0 Å². The lowest BCUT2D eigenvalue weighted by Gasteiger charge is -2.53. The Morgan fingerprint density at radius 1 is 0.912 bits per heavy atom. The van der Waals surface area contributed by atoms with Gasteiger partial charge in [0.25, 0.3) is 0 Å². The summed E-state index contributed by atoms with van der Waals surface area (Å²) < 4.78 is 0. The smallest absolute Gasteiger partial charge is 0.131 e. The summed E-state index contributed by atoms with van der Waals surface area (Å²) in [7, 11) is -1.74. The second-order valence-electron chi connectivity index (χ2n) is 15.1. The number of nitrogens with zero attached hydrogens (tertiary/aromatic N) is 1. The molecule has 10 atom stereocenters. The van der Waals surface area contributed by atoms with Gasteiger partial charge in [-0.2, -0.15) is 0 Å². The standard InChI is InChI=1S/C31H58N2Si/c1-9-31(6,7)32-34(8,23-14-10-11-15-23)30-25-19-21(4)18-22(5)27(25)28-24-16-12-13-17-26(24)33(20(2)3)29(28)30/h20-30,32H,9-19H2,1-8H3. The van der Waals surface area contributed by atoms with Crippen LogP contribution in [0.5, 0.6) is 0 Å². The fourth-order valence-corrected chi connectivity index (χ4v) is 17.6. The van der Waals surface area contributed by atoms with E-state index in [1.807, 2.05) is 0 Å². The zero-order valence-corrected chi connectivity index (χ0v) is 25.1. The number of rotatable bonds is 6. The summed E-state index contributed by atoms with van der Waals surface area (Å²) in [6.45, 7) is 20.7. The van der Waals surface area contributed by atoms with Crippen LogP contribution in [0.25, 0.3) is 0 Å². The molecule has 1 aliphatic heterocycles. The highest BCUT2D eigenvalue weighted by atomic mass is 28.3. The topological polar surface area (TPSA) is 15.3 Å². The molecule has 0 amide bonds. The first-order valence-corrected chi connectivity index (χ1v) is 18.3. The Morgan fingerprint density at radius 3 is 2.21 bits per heavy atom. The molecular formula is C31H58N2Si. The molecule has 2 nitrogen and oxygen atoms in total. The second kappa shape index (κ2) is 9.46. The lowest BCUT2D eigenvalue weighted by Crippen LogP contribution is -2.66. The highest BCUT2D eigenvalue weighted by Gasteiger charge is 2.68. The molecule has 1 saturated heterocycles. The van der Waals surface area contributed by atoms with E-state index in [9.17, 15) is 0 Å². The predicted octanol–water partition coefficient (Wildman–Crippen LogP) is 8.23. The van der Waals surface area contributed by atoms with Crippen LogP contribution in [0, 0.1) is 35.5 Å². The Labute approximate surface area is 213 Å². The summed E-state index contributed by atoms with van der Waals surface area (Å²) in [5, 5.41) is 0. The Kier molecular flexibility index (Phi) is 7.17. The van der Waals surface area contributed by atoms with Crippen molar-refractivity contribution >= 4 is 8.24 Å². The van der Waals surface area contributed by atoms with Gasteiger partial charge in [0, 0.05) is 23.7 Å². The quantitative estimate of drug-likeness (QED) is 0.380. The zero-order valence-electron chi connectivity index (χ0n) is 24.1. The second-order valence-corrected chi connectivity index (χ2v) is 19.4. The van der Waals surface area contributed by atoms with Gasteiger partial charge in [-0.3, -0.25) is 4.90 Å². The third kappa shape index (κ3) is 4.10. The van der Waals surface area contributed by atoms with Gasteiger partial charge in [0.05, 0.1) is 0 Å². The average Bonchev–Trinajstić information content (AvgIpc) is 3.47. The van der Waals surface area contributed by atoms with E-state index in [0.717, 1.165) is 58.7 Å². The third-order valence-electron chi connectivity index (χ3n) is 12.3. The minimum absolute atomic E-state index is 0.275. The highest BCUT2D eigenvalue weighted by Crippen LogP contribution is 2.68. The van der Waals surface area contributed by atoms with Crippen molar-refractivity contribution in [3.63, 3.8) is 0 Å². The van der Waals surface area contributed by atoms with Crippen LogP contribution in [0.4, 0.5) is 0 Å². The van der Waals surface area contributed by atoms with Crippen molar-refractivity contribution in [3.05, 3.63) is 0 Å². The lowest BCUT2D eigenvalue weighted by atomic mass is 9.64. The van der Waals surface area contributed by atoms with Crippen molar-refractivity contribution in [1.29, 1.82) is 0 Å². The average molecular weight is 487 g/mol. The highest BCUT2D eigenvalue weighted by molar-refractivity contribution is 6.79. The van der Waals surface area contributed by atoms with Gasteiger partial charge in [0.15, 0.2) is 0 Å². The van der Waals surface area contributed by atoms with Crippen LogP contribution in [0.1, 0.15) is 119 Å². The van der Waals surface area contributed by atoms with Gasteiger partial charge in [-0.05, 0) is 106 Å². The molecule has 196 valence electrons. The van der Waals surface area contributed by atoms with Crippen LogP contribution in [-0.4, -0.2) is 36.8 Å². The van der Waals surface area contributed by atoms with E-state index in [0.29, 0.717) is 6.04 Å². The zero-order chi connectivity index (χ0) is 24.4. The van der Waals surface area contributed by atoms with Gasteiger partial charge in [0.2, 0.25) is 0 Å². The summed E-state index contributed by atoms with van der Waals surface area (Å²) >= 11 is 0. The van der Waals surface area contributed by atoms with Gasteiger partial charge < -0.3 is 4.98 Å². The van der Waals surface area contributed by atoms with E-state index in [1.54, 1.807) is 0 Å². The molecule has 3 heteroatoms. The number of fused-ring (bicyclic) bond motifs is 5. The van der Waals surface area contributed by atoms with E-state index in [1.165, 1.54) is 70.6 Å². The van der Waals surface area contributed by atoms with Crippen molar-refractivity contribution in [2.75, 3.05) is 0 Å². The molecule has 4 saturated carbocycles. The van der Waals surface area contributed by atoms with Gasteiger partial charge in [0.1, 0.15) is 8.24 Å². The summed E-state index contributed by atoms with van der Waals surface area (Å²) in [6.07, 6.45) is 16.3. The minimum atomic E-state index is -1.74. The third-order valence-corrected chi connectivity index (χ3v) is 17.9. The number of hydrogen-bond donors (Lipinski definition) is 1. The van der Waals surface area contributed by atoms with E-state index < -0.39 is 8.24 Å². The van der Waals surface area contributed by atoms with Crippen LogP contribution < -0.4 is 4.98 Å². The van der Waals surface area contributed by atoms with E-state index in [4.69, 9.17) is 0 Å².